The molecule has 7 nitrogen and oxygen atoms in total. The van der Waals surface area contributed by atoms with Gasteiger partial charge < -0.3 is 25.0 Å². The van der Waals surface area contributed by atoms with E-state index in [1.807, 2.05) is 24.3 Å². The lowest BCUT2D eigenvalue weighted by molar-refractivity contribution is -0.115. The minimum atomic E-state index is -0.598. The fourth-order valence-electron chi connectivity index (χ4n) is 2.19. The van der Waals surface area contributed by atoms with Crippen LogP contribution in [-0.4, -0.2) is 51.5 Å². The van der Waals surface area contributed by atoms with Gasteiger partial charge in [-0.15, -0.1) is 0 Å². The zero-order valence-corrected chi connectivity index (χ0v) is 12.6. The summed E-state index contributed by atoms with van der Waals surface area (Å²) in [6.45, 7) is 4.77. The van der Waals surface area contributed by atoms with E-state index in [0.717, 1.165) is 24.5 Å². The number of carbonyl (C=O) groups is 2. The minimum Gasteiger partial charge on any atom is -0.450 e. The molecule has 2 amide bonds. The summed E-state index contributed by atoms with van der Waals surface area (Å²) in [6.07, 6.45) is -0.598. The second-order valence-corrected chi connectivity index (χ2v) is 4.74. The molecule has 0 aromatic heterocycles. The van der Waals surface area contributed by atoms with Crippen molar-refractivity contribution in [2.24, 2.45) is 0 Å². The summed E-state index contributed by atoms with van der Waals surface area (Å²) in [5.74, 6) is -0.297. The number of hydrogen-bond donors (Lipinski definition) is 2. The third-order valence-corrected chi connectivity index (χ3v) is 3.20. The van der Waals surface area contributed by atoms with Crippen LogP contribution < -0.4 is 15.5 Å². The Morgan fingerprint density at radius 1 is 1.27 bits per heavy atom. The normalized spacial score (nSPS) is 14.3. The summed E-state index contributed by atoms with van der Waals surface area (Å²) in [4.78, 5) is 25.3. The highest BCUT2D eigenvalue weighted by molar-refractivity contribution is 5.96. The Balaban J connectivity index is 1.94. The van der Waals surface area contributed by atoms with E-state index < -0.39 is 6.09 Å². The van der Waals surface area contributed by atoms with Gasteiger partial charge in [0.15, 0.2) is 0 Å². The molecular formula is C15H21N3O4. The summed E-state index contributed by atoms with van der Waals surface area (Å²) < 4.78 is 10.0. The van der Waals surface area contributed by atoms with Gasteiger partial charge in [0.1, 0.15) is 6.54 Å². The first kappa shape index (κ1) is 16.1. The maximum Gasteiger partial charge on any atom is 0.407 e. The molecule has 1 aliphatic rings. The molecule has 1 aromatic rings. The topological polar surface area (TPSA) is 79.9 Å². The van der Waals surface area contributed by atoms with Crippen molar-refractivity contribution < 1.29 is 19.1 Å². The summed E-state index contributed by atoms with van der Waals surface area (Å²) in [6, 6.07) is 7.59. The monoisotopic (exact) mass is 307 g/mol. The second kappa shape index (κ2) is 8.23. The van der Waals surface area contributed by atoms with E-state index in [-0.39, 0.29) is 19.1 Å². The Bertz CT molecular complexity index is 515. The molecule has 1 fully saturated rings. The van der Waals surface area contributed by atoms with Crippen LogP contribution in [0, 0.1) is 0 Å². The first-order chi connectivity index (χ1) is 10.7. The minimum absolute atomic E-state index is 0.129. The lowest BCUT2D eigenvalue weighted by Gasteiger charge is -2.30. The van der Waals surface area contributed by atoms with Crippen molar-refractivity contribution in [3.63, 3.8) is 0 Å². The van der Waals surface area contributed by atoms with E-state index in [1.165, 1.54) is 0 Å². The zero-order valence-electron chi connectivity index (χ0n) is 12.6. The maximum absolute atomic E-state index is 11.9. The summed E-state index contributed by atoms with van der Waals surface area (Å²) in [7, 11) is 0. The fourth-order valence-corrected chi connectivity index (χ4v) is 2.19. The molecule has 0 bridgehead atoms. The lowest BCUT2D eigenvalue weighted by atomic mass is 10.2. The SMILES string of the molecule is CCOC(=O)NCC(=O)Nc1ccccc1N1CCOCC1. The van der Waals surface area contributed by atoms with Gasteiger partial charge in [-0.2, -0.15) is 0 Å². The van der Waals surface area contributed by atoms with Crippen LogP contribution in [0.4, 0.5) is 16.2 Å². The van der Waals surface area contributed by atoms with Gasteiger partial charge in [-0.05, 0) is 19.1 Å². The van der Waals surface area contributed by atoms with Crippen molar-refractivity contribution in [2.45, 2.75) is 6.92 Å². The number of hydrogen-bond acceptors (Lipinski definition) is 5. The number of alkyl carbamates (subject to hydrolysis) is 1. The number of morpholine rings is 1. The van der Waals surface area contributed by atoms with Crippen LogP contribution in [0.2, 0.25) is 0 Å². The highest BCUT2D eigenvalue weighted by Gasteiger charge is 2.15. The van der Waals surface area contributed by atoms with E-state index in [4.69, 9.17) is 9.47 Å². The van der Waals surface area contributed by atoms with Crippen molar-refractivity contribution in [2.75, 3.05) is 49.7 Å². The highest BCUT2D eigenvalue weighted by atomic mass is 16.5. The average Bonchev–Trinajstić information content (AvgIpc) is 2.55. The number of para-hydroxylation sites is 2. The Hall–Kier alpha value is -2.28. The highest BCUT2D eigenvalue weighted by Crippen LogP contribution is 2.26. The Labute approximate surface area is 129 Å². The van der Waals surface area contributed by atoms with Crippen LogP contribution in [0.3, 0.4) is 0 Å². The van der Waals surface area contributed by atoms with Crippen LogP contribution >= 0.6 is 0 Å². The first-order valence-corrected chi connectivity index (χ1v) is 7.33. The second-order valence-electron chi connectivity index (χ2n) is 4.74. The van der Waals surface area contributed by atoms with Gasteiger partial charge in [0.05, 0.1) is 31.2 Å². The molecule has 22 heavy (non-hydrogen) atoms. The summed E-state index contributed by atoms with van der Waals surface area (Å²) in [5, 5.41) is 5.21. The van der Waals surface area contributed by atoms with Crippen molar-refractivity contribution >= 4 is 23.4 Å². The number of carbonyl (C=O) groups excluding carboxylic acids is 2. The van der Waals surface area contributed by atoms with Crippen molar-refractivity contribution in [1.29, 1.82) is 0 Å². The molecule has 1 heterocycles. The number of benzene rings is 1. The molecule has 2 rings (SSSR count). The standard InChI is InChI=1S/C15H21N3O4/c1-2-22-15(20)16-11-14(19)17-12-5-3-4-6-13(12)18-7-9-21-10-8-18/h3-6H,2,7-11H2,1H3,(H,16,20)(H,17,19). The molecule has 0 unspecified atom stereocenters. The molecular weight excluding hydrogens is 286 g/mol. The number of anilines is 2. The number of rotatable bonds is 5. The van der Waals surface area contributed by atoms with Crippen molar-refractivity contribution in [1.82, 2.24) is 5.32 Å². The third kappa shape index (κ3) is 4.63. The average molecular weight is 307 g/mol. The number of nitrogens with zero attached hydrogens (tertiary/aromatic N) is 1. The van der Waals surface area contributed by atoms with Gasteiger partial charge in [-0.1, -0.05) is 12.1 Å². The van der Waals surface area contributed by atoms with Gasteiger partial charge in [0.2, 0.25) is 5.91 Å². The van der Waals surface area contributed by atoms with Gasteiger partial charge >= 0.3 is 6.09 Å². The fraction of sp³-hybridized carbons (Fsp3) is 0.467. The number of ether oxygens (including phenoxy) is 2. The van der Waals surface area contributed by atoms with Crippen molar-refractivity contribution in [3.05, 3.63) is 24.3 Å². The van der Waals surface area contributed by atoms with Crippen LogP contribution in [0.1, 0.15) is 6.92 Å². The number of nitrogens with one attached hydrogen (secondary N) is 2. The zero-order chi connectivity index (χ0) is 15.8. The summed E-state index contributed by atoms with van der Waals surface area (Å²) >= 11 is 0. The summed E-state index contributed by atoms with van der Waals surface area (Å²) in [5.41, 5.74) is 1.68. The molecule has 7 heteroatoms. The van der Waals surface area contributed by atoms with Gasteiger partial charge in [0, 0.05) is 13.1 Å². The molecule has 0 radical (unpaired) electrons. The third-order valence-electron chi connectivity index (χ3n) is 3.20. The van der Waals surface area contributed by atoms with E-state index in [0.29, 0.717) is 13.2 Å². The molecule has 0 saturated carbocycles. The van der Waals surface area contributed by atoms with Crippen LogP contribution in [0.5, 0.6) is 0 Å². The molecule has 120 valence electrons. The van der Waals surface area contributed by atoms with Crippen LogP contribution in [-0.2, 0) is 14.3 Å². The largest absolute Gasteiger partial charge is 0.450 e. The molecule has 0 atom stereocenters. The maximum atomic E-state index is 11.9. The molecule has 0 spiro atoms. The van der Waals surface area contributed by atoms with Crippen LogP contribution in [0.15, 0.2) is 24.3 Å². The molecule has 1 aromatic carbocycles. The Morgan fingerprint density at radius 3 is 2.73 bits per heavy atom. The van der Waals surface area contributed by atoms with E-state index in [2.05, 4.69) is 15.5 Å². The van der Waals surface area contributed by atoms with Gasteiger partial charge in [-0.3, -0.25) is 4.79 Å². The van der Waals surface area contributed by atoms with Crippen molar-refractivity contribution in [3.8, 4) is 0 Å². The predicted molar refractivity (Wildman–Crippen MR) is 83.1 cm³/mol. The van der Waals surface area contributed by atoms with E-state index in [1.54, 1.807) is 6.92 Å². The van der Waals surface area contributed by atoms with E-state index >= 15 is 0 Å². The molecule has 1 aliphatic heterocycles. The molecule has 2 N–H and O–H groups in total. The number of amides is 2. The van der Waals surface area contributed by atoms with Crippen LogP contribution in [0.25, 0.3) is 0 Å². The lowest BCUT2D eigenvalue weighted by Crippen LogP contribution is -2.37. The molecule has 1 saturated heterocycles. The predicted octanol–water partition coefficient (Wildman–Crippen LogP) is 1.21. The molecule has 0 aliphatic carbocycles. The van der Waals surface area contributed by atoms with E-state index in [9.17, 15) is 9.59 Å². The smallest absolute Gasteiger partial charge is 0.407 e. The first-order valence-electron chi connectivity index (χ1n) is 7.33. The van der Waals surface area contributed by atoms with Gasteiger partial charge in [-0.25, -0.2) is 4.79 Å². The van der Waals surface area contributed by atoms with Gasteiger partial charge in [0.25, 0.3) is 0 Å². The Kier molecular flexibility index (Phi) is 6.02. The Morgan fingerprint density at radius 2 is 2.00 bits per heavy atom. The quantitative estimate of drug-likeness (QED) is 0.854.